The van der Waals surface area contributed by atoms with Crippen molar-refractivity contribution in [3.63, 3.8) is 0 Å². The Morgan fingerprint density at radius 3 is 2.25 bits per heavy atom. The molecule has 0 aromatic rings. The van der Waals surface area contributed by atoms with Gasteiger partial charge in [-0.3, -0.25) is 5.41 Å². The zero-order valence-corrected chi connectivity index (χ0v) is 11.1. The van der Waals surface area contributed by atoms with Crippen molar-refractivity contribution in [3.05, 3.63) is 6.92 Å². The third-order valence-corrected chi connectivity index (χ3v) is 2.57. The van der Waals surface area contributed by atoms with Crippen molar-refractivity contribution in [2.75, 3.05) is 0 Å². The molecule has 0 saturated carbocycles. The number of ether oxygens (including phenoxy) is 1. The molecule has 3 nitrogen and oxygen atoms in total. The highest BCUT2D eigenvalue weighted by molar-refractivity contribution is 6.36. The topological polar surface area (TPSA) is 50.2 Å². The highest BCUT2D eigenvalue weighted by atomic mass is 16.6. The second kappa shape index (κ2) is 6.02. The Kier molecular flexibility index (Phi) is 5.70. The number of rotatable bonds is 5. The van der Waals surface area contributed by atoms with Gasteiger partial charge < -0.3 is 4.74 Å². The zero-order chi connectivity index (χ0) is 12.9. The summed E-state index contributed by atoms with van der Waals surface area (Å²) in [5.74, 6) is -0.308. The summed E-state index contributed by atoms with van der Waals surface area (Å²) in [6, 6.07) is 0. The van der Waals surface area contributed by atoms with Crippen LogP contribution >= 0.6 is 0 Å². The van der Waals surface area contributed by atoms with Gasteiger partial charge in [0.25, 0.3) is 0 Å². The highest BCUT2D eigenvalue weighted by Crippen LogP contribution is 2.21. The van der Waals surface area contributed by atoms with Crippen LogP contribution in [0.3, 0.4) is 0 Å². The molecule has 2 atom stereocenters. The summed E-state index contributed by atoms with van der Waals surface area (Å²) in [6.45, 7) is 13.2. The molecule has 0 rings (SSSR count). The first kappa shape index (κ1) is 15.1. The molecule has 1 radical (unpaired) electrons. The van der Waals surface area contributed by atoms with Crippen molar-refractivity contribution in [1.29, 1.82) is 5.41 Å². The third kappa shape index (κ3) is 4.77. The van der Waals surface area contributed by atoms with Crippen molar-refractivity contribution >= 4 is 11.7 Å². The number of carbonyl (C=O) groups is 1. The van der Waals surface area contributed by atoms with Gasteiger partial charge in [-0.1, -0.05) is 27.2 Å². The smallest absolute Gasteiger partial charge is 0.352 e. The van der Waals surface area contributed by atoms with E-state index in [1.165, 1.54) is 0 Å². The molecule has 0 fully saturated rings. The fraction of sp³-hybridized carbons (Fsp3) is 0.769. The van der Waals surface area contributed by atoms with E-state index in [4.69, 9.17) is 10.1 Å². The second-order valence-electron chi connectivity index (χ2n) is 5.20. The van der Waals surface area contributed by atoms with Crippen LogP contribution in [0.5, 0.6) is 0 Å². The highest BCUT2D eigenvalue weighted by Gasteiger charge is 2.28. The molecule has 0 amide bonds. The summed E-state index contributed by atoms with van der Waals surface area (Å²) in [5.41, 5.74) is -0.455. The molecule has 0 aromatic heterocycles. The molecule has 1 N–H and O–H groups in total. The molecule has 0 aliphatic heterocycles. The van der Waals surface area contributed by atoms with Gasteiger partial charge in [-0.2, -0.15) is 0 Å². The monoisotopic (exact) mass is 226 g/mol. The van der Waals surface area contributed by atoms with E-state index in [0.717, 1.165) is 12.8 Å². The molecule has 1 unspecified atom stereocenters. The summed E-state index contributed by atoms with van der Waals surface area (Å²) in [4.78, 5) is 11.7. The van der Waals surface area contributed by atoms with Crippen LogP contribution in [0, 0.1) is 24.2 Å². The van der Waals surface area contributed by atoms with Crippen molar-refractivity contribution in [2.45, 2.75) is 53.1 Å². The summed E-state index contributed by atoms with van der Waals surface area (Å²) in [6.07, 6.45) is 1.50. The van der Waals surface area contributed by atoms with Crippen LogP contribution in [0.1, 0.15) is 47.5 Å². The number of hydrogen-bond donors (Lipinski definition) is 1. The minimum atomic E-state index is -0.532. The average Bonchev–Trinajstić information content (AvgIpc) is 2.15. The maximum atomic E-state index is 11.7. The molecular weight excluding hydrogens is 202 g/mol. The van der Waals surface area contributed by atoms with Gasteiger partial charge in [-0.05, 0) is 33.1 Å². The van der Waals surface area contributed by atoms with Crippen molar-refractivity contribution < 1.29 is 9.53 Å². The lowest BCUT2D eigenvalue weighted by atomic mass is 9.85. The Balaban J connectivity index is 4.58. The van der Waals surface area contributed by atoms with Gasteiger partial charge in [0.15, 0.2) is 0 Å². The molecule has 0 saturated heterocycles. The normalized spacial score (nSPS) is 15.4. The lowest BCUT2D eigenvalue weighted by Crippen LogP contribution is -2.34. The maximum Gasteiger partial charge on any atom is 0.352 e. The van der Waals surface area contributed by atoms with Gasteiger partial charge in [-0.15, -0.1) is 0 Å². The van der Waals surface area contributed by atoms with E-state index in [2.05, 4.69) is 6.92 Å². The molecule has 3 heteroatoms. The predicted octanol–water partition coefficient (Wildman–Crippen LogP) is 3.23. The Morgan fingerprint density at radius 2 is 1.94 bits per heavy atom. The Morgan fingerprint density at radius 1 is 1.44 bits per heavy atom. The summed E-state index contributed by atoms with van der Waals surface area (Å²) < 4.78 is 5.19. The van der Waals surface area contributed by atoms with E-state index >= 15 is 0 Å². The third-order valence-electron chi connectivity index (χ3n) is 2.57. The molecule has 0 heterocycles. The molecule has 0 aliphatic rings. The molecule has 16 heavy (non-hydrogen) atoms. The first-order chi connectivity index (χ1) is 7.22. The van der Waals surface area contributed by atoms with Gasteiger partial charge in [0.2, 0.25) is 0 Å². The minimum Gasteiger partial charge on any atom is -0.455 e. The largest absolute Gasteiger partial charge is 0.455 e. The van der Waals surface area contributed by atoms with Crippen LogP contribution in [-0.2, 0) is 9.53 Å². The Bertz CT molecular complexity index is 253. The van der Waals surface area contributed by atoms with Gasteiger partial charge in [0.05, 0.1) is 0 Å². The predicted molar refractivity (Wildman–Crippen MR) is 66.5 cm³/mol. The standard InChI is InChI=1S/C13H24NO2/c1-7-9(3)10(8-2)11(14)12(15)16-13(4,5)6/h9-10,14H,1,7-8H2,2-6H3/t9?,10-/m0/s1. The van der Waals surface area contributed by atoms with Gasteiger partial charge in [0, 0.05) is 5.92 Å². The SMILES string of the molecule is [CH2]CC(C)[C@H](CC)C(=N)C(=O)OC(C)(C)C. The van der Waals surface area contributed by atoms with Gasteiger partial charge in [0.1, 0.15) is 11.3 Å². The number of esters is 1. The van der Waals surface area contributed by atoms with E-state index in [9.17, 15) is 4.79 Å². The van der Waals surface area contributed by atoms with E-state index < -0.39 is 11.6 Å². The fourth-order valence-electron chi connectivity index (χ4n) is 1.58. The van der Waals surface area contributed by atoms with Crippen molar-refractivity contribution in [1.82, 2.24) is 0 Å². The fourth-order valence-corrected chi connectivity index (χ4v) is 1.58. The van der Waals surface area contributed by atoms with E-state index in [0.29, 0.717) is 0 Å². The minimum absolute atomic E-state index is 0.0488. The average molecular weight is 226 g/mol. The second-order valence-corrected chi connectivity index (χ2v) is 5.20. The molecular formula is C13H24NO2. The number of hydrogen-bond acceptors (Lipinski definition) is 3. The molecule has 93 valence electrons. The van der Waals surface area contributed by atoms with Crippen molar-refractivity contribution in [3.8, 4) is 0 Å². The van der Waals surface area contributed by atoms with E-state index in [1.807, 2.05) is 34.6 Å². The summed E-state index contributed by atoms with van der Waals surface area (Å²) in [5, 5.41) is 7.86. The summed E-state index contributed by atoms with van der Waals surface area (Å²) >= 11 is 0. The van der Waals surface area contributed by atoms with Crippen molar-refractivity contribution in [2.24, 2.45) is 11.8 Å². The van der Waals surface area contributed by atoms with Crippen LogP contribution in [0.25, 0.3) is 0 Å². The molecule has 0 spiro atoms. The molecule has 0 aromatic carbocycles. The molecule has 0 aliphatic carbocycles. The Labute approximate surface area is 99.1 Å². The van der Waals surface area contributed by atoms with Crippen LogP contribution in [0.2, 0.25) is 0 Å². The van der Waals surface area contributed by atoms with E-state index in [1.54, 1.807) is 0 Å². The first-order valence-electron chi connectivity index (χ1n) is 5.84. The lowest BCUT2D eigenvalue weighted by Gasteiger charge is -2.25. The van der Waals surface area contributed by atoms with Gasteiger partial charge >= 0.3 is 5.97 Å². The number of carbonyl (C=O) groups excluding carboxylic acids is 1. The van der Waals surface area contributed by atoms with Crippen LogP contribution in [0.15, 0.2) is 0 Å². The van der Waals surface area contributed by atoms with Crippen LogP contribution in [0.4, 0.5) is 0 Å². The maximum absolute atomic E-state index is 11.7. The van der Waals surface area contributed by atoms with Gasteiger partial charge in [-0.25, -0.2) is 4.79 Å². The summed E-state index contributed by atoms with van der Waals surface area (Å²) in [7, 11) is 0. The van der Waals surface area contributed by atoms with Crippen LogP contribution in [-0.4, -0.2) is 17.3 Å². The zero-order valence-electron chi connectivity index (χ0n) is 11.1. The lowest BCUT2D eigenvalue weighted by molar-refractivity contribution is -0.146. The Hall–Kier alpha value is -0.860. The first-order valence-corrected chi connectivity index (χ1v) is 5.84. The van der Waals surface area contributed by atoms with E-state index in [-0.39, 0.29) is 17.5 Å². The molecule has 0 bridgehead atoms. The van der Waals surface area contributed by atoms with Crippen LogP contribution < -0.4 is 0 Å². The number of nitrogens with one attached hydrogen (secondary N) is 1. The quantitative estimate of drug-likeness (QED) is 0.578.